The Bertz CT molecular complexity index is 705. The fourth-order valence-corrected chi connectivity index (χ4v) is 4.27. The molecule has 4 rings (SSSR count). The molecule has 0 saturated carbocycles. The molecule has 2 aliphatic rings. The van der Waals surface area contributed by atoms with Gasteiger partial charge in [-0.2, -0.15) is 0 Å². The molecule has 2 saturated heterocycles. The van der Waals surface area contributed by atoms with Gasteiger partial charge < -0.3 is 9.64 Å². The Labute approximate surface area is 149 Å². The van der Waals surface area contributed by atoms with E-state index in [1.165, 1.54) is 5.56 Å². The van der Waals surface area contributed by atoms with E-state index in [9.17, 15) is 4.79 Å². The van der Waals surface area contributed by atoms with Gasteiger partial charge in [0.2, 0.25) is 0 Å². The summed E-state index contributed by atoms with van der Waals surface area (Å²) in [7, 11) is 0. The van der Waals surface area contributed by atoms with E-state index in [1.807, 2.05) is 35.2 Å². The highest BCUT2D eigenvalue weighted by Gasteiger charge is 2.41. The summed E-state index contributed by atoms with van der Waals surface area (Å²) in [5.41, 5.74) is 2.16. The van der Waals surface area contributed by atoms with Crippen molar-refractivity contribution in [3.05, 3.63) is 71.8 Å². The van der Waals surface area contributed by atoms with Gasteiger partial charge in [0, 0.05) is 25.3 Å². The molecule has 0 radical (unpaired) electrons. The van der Waals surface area contributed by atoms with Crippen molar-refractivity contribution in [2.45, 2.75) is 37.2 Å². The van der Waals surface area contributed by atoms with Crippen molar-refractivity contribution in [3.63, 3.8) is 0 Å². The summed E-state index contributed by atoms with van der Waals surface area (Å²) in [6.45, 7) is 2.40. The molecule has 1 amide bonds. The minimum absolute atomic E-state index is 0.0494. The Balaban J connectivity index is 1.41. The normalized spacial score (nSPS) is 22.7. The first-order valence-corrected chi connectivity index (χ1v) is 9.29. The van der Waals surface area contributed by atoms with E-state index in [4.69, 9.17) is 4.74 Å². The second kappa shape index (κ2) is 7.01. The number of rotatable bonds is 2. The number of piperidine rings is 1. The standard InChI is InChI=1S/C22H25NO2/c24-21(19-9-5-2-6-10-19)23-14-12-22(13-15-23)17-20(11-16-25-22)18-7-3-1-4-8-18/h1-10,20H,11-17H2/t20-/m0/s1. The highest BCUT2D eigenvalue weighted by molar-refractivity contribution is 5.94. The van der Waals surface area contributed by atoms with Crippen LogP contribution < -0.4 is 0 Å². The molecule has 2 aliphatic heterocycles. The summed E-state index contributed by atoms with van der Waals surface area (Å²) in [6.07, 6.45) is 4.05. The summed E-state index contributed by atoms with van der Waals surface area (Å²) < 4.78 is 6.25. The zero-order valence-electron chi connectivity index (χ0n) is 14.6. The second-order valence-electron chi connectivity index (χ2n) is 7.29. The van der Waals surface area contributed by atoms with E-state index in [0.717, 1.165) is 50.9 Å². The van der Waals surface area contributed by atoms with Crippen LogP contribution in [0.3, 0.4) is 0 Å². The molecule has 2 fully saturated rings. The van der Waals surface area contributed by atoms with Gasteiger partial charge in [0.1, 0.15) is 0 Å². The van der Waals surface area contributed by atoms with Gasteiger partial charge in [-0.1, -0.05) is 48.5 Å². The molecule has 0 aromatic heterocycles. The molecule has 3 heteroatoms. The molecule has 0 aliphatic carbocycles. The number of carbonyl (C=O) groups excluding carboxylic acids is 1. The maximum atomic E-state index is 12.6. The Morgan fingerprint density at radius 3 is 2.28 bits per heavy atom. The number of nitrogens with zero attached hydrogens (tertiary/aromatic N) is 1. The van der Waals surface area contributed by atoms with Crippen molar-refractivity contribution in [1.29, 1.82) is 0 Å². The van der Waals surface area contributed by atoms with Crippen LogP contribution in [0.2, 0.25) is 0 Å². The Hall–Kier alpha value is -2.13. The molecular weight excluding hydrogens is 310 g/mol. The van der Waals surface area contributed by atoms with Gasteiger partial charge in [-0.25, -0.2) is 0 Å². The summed E-state index contributed by atoms with van der Waals surface area (Å²) in [4.78, 5) is 14.6. The van der Waals surface area contributed by atoms with E-state index in [0.29, 0.717) is 5.92 Å². The largest absolute Gasteiger partial charge is 0.375 e. The van der Waals surface area contributed by atoms with E-state index in [1.54, 1.807) is 0 Å². The number of hydrogen-bond donors (Lipinski definition) is 0. The zero-order chi connectivity index (χ0) is 17.1. The minimum Gasteiger partial charge on any atom is -0.375 e. The molecule has 2 heterocycles. The maximum absolute atomic E-state index is 12.6. The van der Waals surface area contributed by atoms with Gasteiger partial charge >= 0.3 is 0 Å². The average molecular weight is 335 g/mol. The average Bonchev–Trinajstić information content (AvgIpc) is 2.69. The Morgan fingerprint density at radius 1 is 0.960 bits per heavy atom. The molecule has 2 aromatic carbocycles. The van der Waals surface area contributed by atoms with Crippen LogP contribution in [-0.4, -0.2) is 36.1 Å². The Morgan fingerprint density at radius 2 is 1.60 bits per heavy atom. The molecule has 25 heavy (non-hydrogen) atoms. The number of likely N-dealkylation sites (tertiary alicyclic amines) is 1. The van der Waals surface area contributed by atoms with Gasteiger partial charge in [0.15, 0.2) is 0 Å². The maximum Gasteiger partial charge on any atom is 0.253 e. The highest BCUT2D eigenvalue weighted by atomic mass is 16.5. The third-order valence-electron chi connectivity index (χ3n) is 5.75. The third kappa shape index (κ3) is 3.47. The predicted octanol–water partition coefficient (Wildman–Crippen LogP) is 4.26. The first-order chi connectivity index (χ1) is 12.3. The minimum atomic E-state index is -0.0494. The molecule has 1 spiro atoms. The summed E-state index contributed by atoms with van der Waals surface area (Å²) in [6, 6.07) is 20.4. The van der Waals surface area contributed by atoms with E-state index in [-0.39, 0.29) is 11.5 Å². The molecule has 130 valence electrons. The first-order valence-electron chi connectivity index (χ1n) is 9.29. The molecule has 3 nitrogen and oxygen atoms in total. The van der Waals surface area contributed by atoms with Crippen molar-refractivity contribution in [1.82, 2.24) is 4.90 Å². The van der Waals surface area contributed by atoms with E-state index < -0.39 is 0 Å². The number of benzene rings is 2. The van der Waals surface area contributed by atoms with E-state index in [2.05, 4.69) is 30.3 Å². The van der Waals surface area contributed by atoms with Crippen LogP contribution in [0.25, 0.3) is 0 Å². The summed E-state index contributed by atoms with van der Waals surface area (Å²) in [5, 5.41) is 0. The molecule has 0 bridgehead atoms. The van der Waals surface area contributed by atoms with Gasteiger partial charge in [-0.15, -0.1) is 0 Å². The predicted molar refractivity (Wildman–Crippen MR) is 98.7 cm³/mol. The second-order valence-corrected chi connectivity index (χ2v) is 7.29. The van der Waals surface area contributed by atoms with Crippen LogP contribution >= 0.6 is 0 Å². The van der Waals surface area contributed by atoms with Crippen LogP contribution in [0, 0.1) is 0 Å². The number of hydrogen-bond acceptors (Lipinski definition) is 2. The molecule has 0 N–H and O–H groups in total. The van der Waals surface area contributed by atoms with Crippen LogP contribution in [0.15, 0.2) is 60.7 Å². The van der Waals surface area contributed by atoms with Crippen molar-refractivity contribution >= 4 is 5.91 Å². The number of amides is 1. The van der Waals surface area contributed by atoms with Crippen molar-refractivity contribution in [3.8, 4) is 0 Å². The lowest BCUT2D eigenvalue weighted by Gasteiger charge is -2.46. The topological polar surface area (TPSA) is 29.5 Å². The van der Waals surface area contributed by atoms with Crippen molar-refractivity contribution in [2.75, 3.05) is 19.7 Å². The molecule has 1 atom stereocenters. The Kier molecular flexibility index (Phi) is 4.58. The van der Waals surface area contributed by atoms with Gasteiger partial charge in [-0.05, 0) is 49.3 Å². The number of carbonyl (C=O) groups is 1. The molecule has 0 unspecified atom stereocenters. The monoisotopic (exact) mass is 335 g/mol. The first kappa shape index (κ1) is 16.3. The smallest absolute Gasteiger partial charge is 0.253 e. The lowest BCUT2D eigenvalue weighted by atomic mass is 9.77. The quantitative estimate of drug-likeness (QED) is 0.821. The summed E-state index contributed by atoms with van der Waals surface area (Å²) in [5.74, 6) is 0.720. The fourth-order valence-electron chi connectivity index (χ4n) is 4.27. The zero-order valence-corrected chi connectivity index (χ0v) is 14.6. The third-order valence-corrected chi connectivity index (χ3v) is 5.75. The summed E-state index contributed by atoms with van der Waals surface area (Å²) >= 11 is 0. The fraction of sp³-hybridized carbons (Fsp3) is 0.409. The molecule has 2 aromatic rings. The lowest BCUT2D eigenvalue weighted by molar-refractivity contribution is -0.113. The van der Waals surface area contributed by atoms with Crippen molar-refractivity contribution in [2.24, 2.45) is 0 Å². The SMILES string of the molecule is O=C(c1ccccc1)N1CCC2(CC1)C[C@@H](c1ccccc1)CCO2. The van der Waals surface area contributed by atoms with Crippen LogP contribution in [-0.2, 0) is 4.74 Å². The van der Waals surface area contributed by atoms with Crippen LogP contribution in [0.4, 0.5) is 0 Å². The lowest BCUT2D eigenvalue weighted by Crippen LogP contribution is -2.50. The number of ether oxygens (including phenoxy) is 1. The van der Waals surface area contributed by atoms with Gasteiger partial charge in [0.25, 0.3) is 5.91 Å². The van der Waals surface area contributed by atoms with E-state index >= 15 is 0 Å². The van der Waals surface area contributed by atoms with Crippen molar-refractivity contribution < 1.29 is 9.53 Å². The van der Waals surface area contributed by atoms with Gasteiger partial charge in [-0.3, -0.25) is 4.79 Å². The van der Waals surface area contributed by atoms with Crippen LogP contribution in [0.1, 0.15) is 47.5 Å². The highest BCUT2D eigenvalue weighted by Crippen LogP contribution is 2.41. The molecular formula is C22H25NO2. The van der Waals surface area contributed by atoms with Crippen LogP contribution in [0.5, 0.6) is 0 Å². The van der Waals surface area contributed by atoms with Gasteiger partial charge in [0.05, 0.1) is 5.60 Å².